The summed E-state index contributed by atoms with van der Waals surface area (Å²) >= 11 is 0. The van der Waals surface area contributed by atoms with E-state index >= 15 is 0 Å². The van der Waals surface area contributed by atoms with Gasteiger partial charge in [0.1, 0.15) is 0 Å². The molecule has 116 valence electrons. The fraction of sp³-hybridized carbons (Fsp3) is 0.421. The first kappa shape index (κ1) is 14.9. The quantitative estimate of drug-likeness (QED) is 0.782. The van der Waals surface area contributed by atoms with Crippen molar-refractivity contribution in [2.75, 3.05) is 6.54 Å². The lowest BCUT2D eigenvalue weighted by atomic mass is 9.88. The zero-order chi connectivity index (χ0) is 15.4. The van der Waals surface area contributed by atoms with Crippen molar-refractivity contribution in [3.63, 3.8) is 0 Å². The van der Waals surface area contributed by atoms with Crippen LogP contribution in [0.1, 0.15) is 31.7 Å². The molecule has 2 N–H and O–H groups in total. The number of amides is 1. The van der Waals surface area contributed by atoms with Gasteiger partial charge in [-0.3, -0.25) is 4.79 Å². The number of allylic oxidation sites excluding steroid dienone is 2. The van der Waals surface area contributed by atoms with Gasteiger partial charge in [0.2, 0.25) is 5.91 Å². The molecule has 2 aromatic rings. The summed E-state index contributed by atoms with van der Waals surface area (Å²) < 4.78 is 0. The van der Waals surface area contributed by atoms with Gasteiger partial charge in [0, 0.05) is 23.6 Å². The van der Waals surface area contributed by atoms with Gasteiger partial charge >= 0.3 is 0 Å². The molecule has 1 atom stereocenters. The second kappa shape index (κ2) is 6.82. The average Bonchev–Trinajstić information content (AvgIpc) is 3.19. The van der Waals surface area contributed by atoms with E-state index < -0.39 is 0 Å². The number of aromatic nitrogens is 1. The second-order valence-corrected chi connectivity index (χ2v) is 6.21. The molecule has 1 unspecified atom stereocenters. The molecule has 0 bridgehead atoms. The predicted molar refractivity (Wildman–Crippen MR) is 90.7 cm³/mol. The normalized spacial score (nSPS) is 16.2. The largest absolute Gasteiger partial charge is 0.361 e. The first-order chi connectivity index (χ1) is 10.8. The van der Waals surface area contributed by atoms with E-state index in [1.807, 2.05) is 24.4 Å². The van der Waals surface area contributed by atoms with Crippen molar-refractivity contribution < 1.29 is 4.79 Å². The Kier molecular flexibility index (Phi) is 4.62. The number of H-pyrrole nitrogens is 1. The van der Waals surface area contributed by atoms with E-state index in [2.05, 4.69) is 35.4 Å². The van der Waals surface area contributed by atoms with Crippen molar-refractivity contribution in [1.29, 1.82) is 0 Å². The molecule has 1 aromatic carbocycles. The van der Waals surface area contributed by atoms with E-state index in [0.717, 1.165) is 42.3 Å². The lowest BCUT2D eigenvalue weighted by Gasteiger charge is -2.22. The van der Waals surface area contributed by atoms with E-state index in [1.54, 1.807) is 0 Å². The van der Waals surface area contributed by atoms with Gasteiger partial charge in [-0.15, -0.1) is 0 Å². The molecule has 3 rings (SSSR count). The topological polar surface area (TPSA) is 44.9 Å². The van der Waals surface area contributed by atoms with E-state index in [-0.39, 0.29) is 5.91 Å². The minimum absolute atomic E-state index is 0.120. The lowest BCUT2D eigenvalue weighted by Crippen LogP contribution is -2.32. The fourth-order valence-corrected chi connectivity index (χ4v) is 3.43. The molecule has 3 nitrogen and oxygen atoms in total. The molecular weight excluding hydrogens is 272 g/mol. The summed E-state index contributed by atoms with van der Waals surface area (Å²) in [6.07, 6.45) is 10.4. The highest BCUT2D eigenvalue weighted by Gasteiger charge is 2.21. The van der Waals surface area contributed by atoms with E-state index in [4.69, 9.17) is 0 Å². The number of para-hydroxylation sites is 1. The molecule has 1 aliphatic rings. The van der Waals surface area contributed by atoms with Gasteiger partial charge in [0.15, 0.2) is 0 Å². The molecule has 0 saturated carbocycles. The number of hydrogen-bond acceptors (Lipinski definition) is 1. The van der Waals surface area contributed by atoms with Crippen LogP contribution >= 0.6 is 0 Å². The van der Waals surface area contributed by atoms with Gasteiger partial charge in [0.05, 0.1) is 6.42 Å². The smallest absolute Gasteiger partial charge is 0.224 e. The third kappa shape index (κ3) is 3.24. The second-order valence-electron chi connectivity index (χ2n) is 6.21. The summed E-state index contributed by atoms with van der Waals surface area (Å²) in [6, 6.07) is 8.12. The van der Waals surface area contributed by atoms with E-state index in [1.165, 1.54) is 0 Å². The van der Waals surface area contributed by atoms with Crippen LogP contribution in [0.25, 0.3) is 10.9 Å². The van der Waals surface area contributed by atoms with Crippen LogP contribution in [0.4, 0.5) is 0 Å². The monoisotopic (exact) mass is 296 g/mol. The molecule has 0 saturated heterocycles. The fourth-order valence-electron chi connectivity index (χ4n) is 3.43. The molecule has 1 aromatic heterocycles. The highest BCUT2D eigenvalue weighted by molar-refractivity contribution is 5.88. The number of benzene rings is 1. The van der Waals surface area contributed by atoms with Crippen molar-refractivity contribution in [3.05, 3.63) is 48.2 Å². The minimum atomic E-state index is 0.120. The Morgan fingerprint density at radius 3 is 2.86 bits per heavy atom. The van der Waals surface area contributed by atoms with Crippen LogP contribution in [0.3, 0.4) is 0 Å². The number of nitrogens with one attached hydrogen (secondary N) is 2. The van der Waals surface area contributed by atoms with Gasteiger partial charge in [0.25, 0.3) is 0 Å². The number of hydrogen-bond donors (Lipinski definition) is 2. The molecule has 0 fully saturated rings. The van der Waals surface area contributed by atoms with Crippen molar-refractivity contribution in [2.45, 2.75) is 32.6 Å². The summed E-state index contributed by atoms with van der Waals surface area (Å²) in [4.78, 5) is 15.5. The number of carbonyl (C=O) groups excluding carboxylic acids is 1. The summed E-state index contributed by atoms with van der Waals surface area (Å²) in [5, 5.41) is 4.28. The molecule has 1 heterocycles. The lowest BCUT2D eigenvalue weighted by molar-refractivity contribution is -0.120. The van der Waals surface area contributed by atoms with Crippen LogP contribution in [-0.4, -0.2) is 17.4 Å². The summed E-state index contributed by atoms with van der Waals surface area (Å²) in [7, 11) is 0. The first-order valence-corrected chi connectivity index (χ1v) is 8.24. The number of fused-ring (bicyclic) bond motifs is 1. The molecule has 0 spiro atoms. The van der Waals surface area contributed by atoms with E-state index in [9.17, 15) is 4.79 Å². The third-order valence-corrected chi connectivity index (χ3v) is 4.82. The summed E-state index contributed by atoms with van der Waals surface area (Å²) in [6.45, 7) is 3.01. The van der Waals surface area contributed by atoms with Crippen molar-refractivity contribution in [1.82, 2.24) is 10.3 Å². The Morgan fingerprint density at radius 1 is 1.32 bits per heavy atom. The molecule has 3 heteroatoms. The van der Waals surface area contributed by atoms with Crippen molar-refractivity contribution in [2.24, 2.45) is 11.8 Å². The van der Waals surface area contributed by atoms with Crippen LogP contribution in [0.15, 0.2) is 42.6 Å². The van der Waals surface area contributed by atoms with E-state index in [0.29, 0.717) is 18.3 Å². The number of carbonyl (C=O) groups is 1. The Hall–Kier alpha value is -2.03. The van der Waals surface area contributed by atoms with Crippen LogP contribution in [0, 0.1) is 11.8 Å². The zero-order valence-corrected chi connectivity index (χ0v) is 13.1. The summed E-state index contributed by atoms with van der Waals surface area (Å²) in [5.74, 6) is 1.41. The molecule has 1 amide bonds. The predicted octanol–water partition coefficient (Wildman–Crippen LogP) is 3.82. The van der Waals surface area contributed by atoms with Gasteiger partial charge in [-0.2, -0.15) is 0 Å². The molecule has 1 aliphatic carbocycles. The van der Waals surface area contributed by atoms with Crippen LogP contribution in [0.5, 0.6) is 0 Å². The maximum absolute atomic E-state index is 12.2. The van der Waals surface area contributed by atoms with Crippen molar-refractivity contribution in [3.8, 4) is 0 Å². The standard InChI is InChI=1S/C19H24N2O/c1-2-14(15-7-3-4-8-15)12-21-19(22)11-16-13-20-18-10-6-5-9-17(16)18/h3-6,9-10,13-15,20H,2,7-8,11-12H2,1H3,(H,21,22). The van der Waals surface area contributed by atoms with Gasteiger partial charge in [-0.1, -0.05) is 43.7 Å². The molecule has 22 heavy (non-hydrogen) atoms. The van der Waals surface area contributed by atoms with Crippen LogP contribution < -0.4 is 5.32 Å². The SMILES string of the molecule is CCC(CNC(=O)Cc1c[nH]c2ccccc12)C1CC=CC1. The van der Waals surface area contributed by atoms with Gasteiger partial charge in [-0.05, 0) is 36.3 Å². The molecular formula is C19H24N2O. The Morgan fingerprint density at radius 2 is 2.09 bits per heavy atom. The first-order valence-electron chi connectivity index (χ1n) is 8.24. The number of rotatable bonds is 6. The van der Waals surface area contributed by atoms with Gasteiger partial charge in [-0.25, -0.2) is 0 Å². The Bertz CT molecular complexity index is 663. The summed E-state index contributed by atoms with van der Waals surface area (Å²) in [5.41, 5.74) is 2.16. The van der Waals surface area contributed by atoms with Crippen molar-refractivity contribution >= 4 is 16.8 Å². The average molecular weight is 296 g/mol. The molecule has 0 aliphatic heterocycles. The van der Waals surface area contributed by atoms with Crippen LogP contribution in [-0.2, 0) is 11.2 Å². The Labute approximate surface area is 131 Å². The maximum atomic E-state index is 12.2. The van der Waals surface area contributed by atoms with Crippen LogP contribution in [0.2, 0.25) is 0 Å². The molecule has 0 radical (unpaired) electrons. The Balaban J connectivity index is 1.56. The van der Waals surface area contributed by atoms with Gasteiger partial charge < -0.3 is 10.3 Å². The zero-order valence-electron chi connectivity index (χ0n) is 13.1. The number of aromatic amines is 1. The third-order valence-electron chi connectivity index (χ3n) is 4.82. The maximum Gasteiger partial charge on any atom is 0.224 e. The minimum Gasteiger partial charge on any atom is -0.361 e. The highest BCUT2D eigenvalue weighted by atomic mass is 16.1. The highest BCUT2D eigenvalue weighted by Crippen LogP contribution is 2.28.